The lowest BCUT2D eigenvalue weighted by atomic mass is 10.1. The Morgan fingerprint density at radius 2 is 1.18 bits per heavy atom. The van der Waals surface area contributed by atoms with Gasteiger partial charge in [0.1, 0.15) is 24.7 Å². The number of benzene rings is 2. The quantitative estimate of drug-likeness (QED) is 0.720. The Kier molecular flexibility index (Phi) is 6.78. The molecule has 118 valence electrons. The second-order valence-electron chi connectivity index (χ2n) is 5.27. The molecule has 0 fully saturated rings. The maximum absolute atomic E-state index is 5.68. The van der Waals surface area contributed by atoms with Gasteiger partial charge in [-0.2, -0.15) is 0 Å². The van der Waals surface area contributed by atoms with Crippen LogP contribution in [-0.2, 0) is 12.8 Å². The fourth-order valence-electron chi connectivity index (χ4n) is 2.28. The molecule has 0 amide bonds. The van der Waals surface area contributed by atoms with Crippen LogP contribution in [0.3, 0.4) is 0 Å². The molecule has 0 heterocycles. The van der Waals surface area contributed by atoms with E-state index in [1.165, 1.54) is 11.1 Å². The lowest BCUT2D eigenvalue weighted by molar-refractivity contribution is 0.217. The van der Waals surface area contributed by atoms with E-state index in [9.17, 15) is 0 Å². The van der Waals surface area contributed by atoms with Crippen LogP contribution in [0.2, 0.25) is 0 Å². The van der Waals surface area contributed by atoms with Crippen LogP contribution in [0.1, 0.15) is 24.5 Å². The molecule has 0 aliphatic rings. The minimum absolute atomic E-state index is 0.535. The SMILES string of the molecule is CCCc1ccc(OCCOc2ccc(CCN)cc2)cc1. The van der Waals surface area contributed by atoms with E-state index in [4.69, 9.17) is 15.2 Å². The topological polar surface area (TPSA) is 44.5 Å². The Hall–Kier alpha value is -2.00. The van der Waals surface area contributed by atoms with Gasteiger partial charge in [-0.15, -0.1) is 0 Å². The Balaban J connectivity index is 1.70. The fraction of sp³-hybridized carbons (Fsp3) is 0.368. The van der Waals surface area contributed by atoms with Crippen molar-refractivity contribution in [1.29, 1.82) is 0 Å². The van der Waals surface area contributed by atoms with Gasteiger partial charge in [-0.25, -0.2) is 0 Å². The van der Waals surface area contributed by atoms with Gasteiger partial charge in [-0.1, -0.05) is 37.6 Å². The maximum atomic E-state index is 5.68. The summed E-state index contributed by atoms with van der Waals surface area (Å²) in [6, 6.07) is 16.3. The summed E-state index contributed by atoms with van der Waals surface area (Å²) in [6.07, 6.45) is 3.18. The van der Waals surface area contributed by atoms with Gasteiger partial charge >= 0.3 is 0 Å². The van der Waals surface area contributed by atoms with E-state index in [-0.39, 0.29) is 0 Å². The molecule has 0 aliphatic heterocycles. The molecule has 0 aromatic heterocycles. The van der Waals surface area contributed by atoms with E-state index < -0.39 is 0 Å². The van der Waals surface area contributed by atoms with Crippen LogP contribution < -0.4 is 15.2 Å². The van der Waals surface area contributed by atoms with Crippen LogP contribution in [0.15, 0.2) is 48.5 Å². The summed E-state index contributed by atoms with van der Waals surface area (Å²) in [5, 5.41) is 0. The number of aryl methyl sites for hydroxylation is 1. The monoisotopic (exact) mass is 299 g/mol. The third-order valence-corrected chi connectivity index (χ3v) is 3.44. The van der Waals surface area contributed by atoms with Gasteiger partial charge < -0.3 is 15.2 Å². The van der Waals surface area contributed by atoms with Crippen LogP contribution in [-0.4, -0.2) is 19.8 Å². The molecule has 3 heteroatoms. The van der Waals surface area contributed by atoms with Crippen LogP contribution >= 0.6 is 0 Å². The van der Waals surface area contributed by atoms with Crippen molar-refractivity contribution in [2.45, 2.75) is 26.2 Å². The van der Waals surface area contributed by atoms with Crippen molar-refractivity contribution >= 4 is 0 Å². The molecule has 0 unspecified atom stereocenters. The van der Waals surface area contributed by atoms with E-state index in [1.807, 2.05) is 24.3 Å². The Morgan fingerprint density at radius 1 is 0.727 bits per heavy atom. The average Bonchev–Trinajstić information content (AvgIpc) is 2.55. The van der Waals surface area contributed by atoms with E-state index in [0.717, 1.165) is 30.8 Å². The summed E-state index contributed by atoms with van der Waals surface area (Å²) >= 11 is 0. The Bertz CT molecular complexity index is 483. The molecular weight excluding hydrogens is 274 g/mol. The zero-order chi connectivity index (χ0) is 15.6. The normalized spacial score (nSPS) is 10.5. The van der Waals surface area contributed by atoms with Crippen LogP contribution in [0.25, 0.3) is 0 Å². The van der Waals surface area contributed by atoms with Gasteiger partial charge in [0.15, 0.2) is 0 Å². The second-order valence-corrected chi connectivity index (χ2v) is 5.27. The molecule has 0 radical (unpaired) electrons. The number of hydrogen-bond acceptors (Lipinski definition) is 3. The zero-order valence-electron chi connectivity index (χ0n) is 13.3. The molecule has 2 rings (SSSR count). The molecular formula is C19H25NO2. The molecule has 0 saturated heterocycles. The molecule has 22 heavy (non-hydrogen) atoms. The van der Waals surface area contributed by atoms with Gasteiger partial charge in [-0.05, 0) is 54.8 Å². The Morgan fingerprint density at radius 3 is 1.59 bits per heavy atom. The highest BCUT2D eigenvalue weighted by molar-refractivity contribution is 5.28. The fourth-order valence-corrected chi connectivity index (χ4v) is 2.28. The maximum Gasteiger partial charge on any atom is 0.122 e. The van der Waals surface area contributed by atoms with Gasteiger partial charge in [0.25, 0.3) is 0 Å². The molecule has 0 aliphatic carbocycles. The molecule has 2 aromatic carbocycles. The van der Waals surface area contributed by atoms with E-state index in [2.05, 4.69) is 31.2 Å². The minimum atomic E-state index is 0.535. The number of ether oxygens (including phenoxy) is 2. The number of nitrogens with two attached hydrogens (primary N) is 1. The van der Waals surface area contributed by atoms with E-state index in [0.29, 0.717) is 19.8 Å². The molecule has 0 spiro atoms. The summed E-state index contributed by atoms with van der Waals surface area (Å²) < 4.78 is 11.3. The van der Waals surface area contributed by atoms with Crippen LogP contribution in [0.4, 0.5) is 0 Å². The molecule has 2 N–H and O–H groups in total. The highest BCUT2D eigenvalue weighted by atomic mass is 16.5. The van der Waals surface area contributed by atoms with Crippen molar-refractivity contribution in [3.63, 3.8) is 0 Å². The van der Waals surface area contributed by atoms with E-state index >= 15 is 0 Å². The van der Waals surface area contributed by atoms with Crippen molar-refractivity contribution in [2.24, 2.45) is 5.73 Å². The third-order valence-electron chi connectivity index (χ3n) is 3.44. The smallest absolute Gasteiger partial charge is 0.122 e. The highest BCUT2D eigenvalue weighted by Crippen LogP contribution is 2.14. The van der Waals surface area contributed by atoms with Crippen molar-refractivity contribution < 1.29 is 9.47 Å². The van der Waals surface area contributed by atoms with Gasteiger partial charge in [0, 0.05) is 0 Å². The molecule has 2 aromatic rings. The highest BCUT2D eigenvalue weighted by Gasteiger charge is 1.98. The first-order chi connectivity index (χ1) is 10.8. The van der Waals surface area contributed by atoms with Crippen molar-refractivity contribution in [1.82, 2.24) is 0 Å². The summed E-state index contributed by atoms with van der Waals surface area (Å²) in [6.45, 7) is 3.93. The second kappa shape index (κ2) is 9.11. The molecule has 3 nitrogen and oxygen atoms in total. The Labute approximate surface area is 133 Å². The van der Waals surface area contributed by atoms with E-state index in [1.54, 1.807) is 0 Å². The summed E-state index contributed by atoms with van der Waals surface area (Å²) in [4.78, 5) is 0. The minimum Gasteiger partial charge on any atom is -0.490 e. The number of rotatable bonds is 9. The molecule has 0 bridgehead atoms. The predicted octanol–water partition coefficient (Wildman–Crippen LogP) is 3.60. The standard InChI is InChI=1S/C19H25NO2/c1-2-3-16-4-8-18(9-5-16)21-14-15-22-19-10-6-17(7-11-19)12-13-20/h4-11H,2-3,12-15,20H2,1H3. The van der Waals surface area contributed by atoms with Crippen molar-refractivity contribution in [3.8, 4) is 11.5 Å². The van der Waals surface area contributed by atoms with Crippen LogP contribution in [0, 0.1) is 0 Å². The van der Waals surface area contributed by atoms with Crippen LogP contribution in [0.5, 0.6) is 11.5 Å². The lowest BCUT2D eigenvalue weighted by Crippen LogP contribution is -2.09. The first-order valence-electron chi connectivity index (χ1n) is 7.95. The summed E-state index contributed by atoms with van der Waals surface area (Å²) in [5.41, 5.74) is 8.12. The summed E-state index contributed by atoms with van der Waals surface area (Å²) in [5.74, 6) is 1.75. The first-order valence-corrected chi connectivity index (χ1v) is 7.95. The lowest BCUT2D eigenvalue weighted by Gasteiger charge is -2.09. The van der Waals surface area contributed by atoms with Gasteiger partial charge in [-0.3, -0.25) is 0 Å². The largest absolute Gasteiger partial charge is 0.490 e. The first kappa shape index (κ1) is 16.4. The average molecular weight is 299 g/mol. The number of hydrogen-bond donors (Lipinski definition) is 1. The van der Waals surface area contributed by atoms with Gasteiger partial charge in [0.2, 0.25) is 0 Å². The van der Waals surface area contributed by atoms with Crippen molar-refractivity contribution in [2.75, 3.05) is 19.8 Å². The molecule has 0 atom stereocenters. The van der Waals surface area contributed by atoms with Crippen molar-refractivity contribution in [3.05, 3.63) is 59.7 Å². The predicted molar refractivity (Wildman–Crippen MR) is 90.6 cm³/mol. The molecule has 0 saturated carbocycles. The van der Waals surface area contributed by atoms with Gasteiger partial charge in [0.05, 0.1) is 0 Å². The third kappa shape index (κ3) is 5.41. The zero-order valence-corrected chi connectivity index (χ0v) is 13.3. The summed E-state index contributed by atoms with van der Waals surface area (Å²) in [7, 11) is 0.